The predicted octanol–water partition coefficient (Wildman–Crippen LogP) is 2.42. The van der Waals surface area contributed by atoms with Gasteiger partial charge in [0.2, 0.25) is 5.43 Å². The highest BCUT2D eigenvalue weighted by molar-refractivity contribution is 6.30. The van der Waals surface area contributed by atoms with Crippen LogP contribution >= 0.6 is 11.6 Å². The van der Waals surface area contributed by atoms with Crippen LogP contribution in [-0.4, -0.2) is 14.9 Å². The van der Waals surface area contributed by atoms with E-state index in [0.29, 0.717) is 10.7 Å². The molecule has 2 rings (SSSR count). The Hall–Kier alpha value is -1.65. The second-order valence-electron chi connectivity index (χ2n) is 4.95. The van der Waals surface area contributed by atoms with E-state index in [0.717, 1.165) is 5.69 Å². The third-order valence-electron chi connectivity index (χ3n) is 2.76. The smallest absolute Gasteiger partial charge is 0.206 e. The molecular weight excluding hydrogens is 264 g/mol. The first-order valence-corrected chi connectivity index (χ1v) is 6.26. The molecule has 2 aromatic rings. The van der Waals surface area contributed by atoms with E-state index >= 15 is 0 Å². The number of aromatic nitrogens is 2. The van der Waals surface area contributed by atoms with Crippen LogP contribution in [0.3, 0.4) is 0 Å². The molecule has 0 amide bonds. The van der Waals surface area contributed by atoms with Crippen molar-refractivity contribution in [3.8, 4) is 5.69 Å². The van der Waals surface area contributed by atoms with Crippen molar-refractivity contribution in [1.29, 1.82) is 0 Å². The normalized spacial score (nSPS) is 11.6. The van der Waals surface area contributed by atoms with Crippen molar-refractivity contribution in [1.82, 2.24) is 9.78 Å². The Morgan fingerprint density at radius 2 is 1.84 bits per heavy atom. The largest absolute Gasteiger partial charge is 0.384 e. The Kier molecular flexibility index (Phi) is 3.47. The predicted molar refractivity (Wildman–Crippen MR) is 74.8 cm³/mol. The van der Waals surface area contributed by atoms with Crippen molar-refractivity contribution in [2.45, 2.75) is 26.4 Å². The minimum Gasteiger partial charge on any atom is -0.384 e. The Morgan fingerprint density at radius 3 is 2.37 bits per heavy atom. The fourth-order valence-electron chi connectivity index (χ4n) is 1.81. The molecule has 0 aliphatic heterocycles. The molecule has 0 atom stereocenters. The first-order chi connectivity index (χ1) is 8.79. The first-order valence-electron chi connectivity index (χ1n) is 5.89. The van der Waals surface area contributed by atoms with Gasteiger partial charge in [0.15, 0.2) is 0 Å². The second kappa shape index (κ2) is 4.79. The van der Waals surface area contributed by atoms with E-state index in [9.17, 15) is 9.90 Å². The molecule has 100 valence electrons. The van der Waals surface area contributed by atoms with Crippen LogP contribution in [0.1, 0.15) is 25.2 Å². The molecule has 0 fully saturated rings. The summed E-state index contributed by atoms with van der Waals surface area (Å²) in [4.78, 5) is 11.9. The van der Waals surface area contributed by atoms with Gasteiger partial charge in [0, 0.05) is 16.8 Å². The number of benzene rings is 1. The maximum Gasteiger partial charge on any atom is 0.206 e. The zero-order chi connectivity index (χ0) is 14.2. The molecule has 1 aromatic heterocycles. The average Bonchev–Trinajstić information content (AvgIpc) is 2.29. The maximum absolute atomic E-state index is 11.9. The van der Waals surface area contributed by atoms with Crippen molar-refractivity contribution in [2.75, 3.05) is 0 Å². The van der Waals surface area contributed by atoms with Gasteiger partial charge in [-0.3, -0.25) is 4.79 Å². The summed E-state index contributed by atoms with van der Waals surface area (Å²) >= 11 is 5.85. The van der Waals surface area contributed by atoms with E-state index in [2.05, 4.69) is 5.10 Å². The number of nitrogens with zero attached hydrogens (tertiary/aromatic N) is 2. The van der Waals surface area contributed by atoms with Gasteiger partial charge in [-0.1, -0.05) is 11.6 Å². The van der Waals surface area contributed by atoms with Gasteiger partial charge in [-0.2, -0.15) is 5.10 Å². The minimum atomic E-state index is -1.28. The molecule has 0 aliphatic rings. The molecule has 0 bridgehead atoms. The van der Waals surface area contributed by atoms with Crippen LogP contribution in [0.4, 0.5) is 0 Å². The number of aliphatic hydroxyl groups is 1. The number of hydrogen-bond acceptors (Lipinski definition) is 3. The lowest BCUT2D eigenvalue weighted by atomic mass is 10.0. The number of rotatable bonds is 2. The van der Waals surface area contributed by atoms with Crippen LogP contribution in [0.25, 0.3) is 5.69 Å². The van der Waals surface area contributed by atoms with Crippen LogP contribution in [0.5, 0.6) is 0 Å². The minimum absolute atomic E-state index is 0.119. The highest BCUT2D eigenvalue weighted by Gasteiger charge is 2.23. The quantitative estimate of drug-likeness (QED) is 0.918. The lowest BCUT2D eigenvalue weighted by Gasteiger charge is -2.18. The van der Waals surface area contributed by atoms with Gasteiger partial charge >= 0.3 is 0 Å². The number of halogens is 1. The molecule has 0 saturated carbocycles. The summed E-state index contributed by atoms with van der Waals surface area (Å²) in [6.07, 6.45) is 0. The van der Waals surface area contributed by atoms with E-state index in [1.807, 2.05) is 0 Å². The molecule has 0 aliphatic carbocycles. The van der Waals surface area contributed by atoms with Crippen LogP contribution < -0.4 is 5.43 Å². The zero-order valence-corrected chi connectivity index (χ0v) is 11.8. The van der Waals surface area contributed by atoms with Crippen molar-refractivity contribution in [2.24, 2.45) is 0 Å². The monoisotopic (exact) mass is 278 g/mol. The second-order valence-corrected chi connectivity index (χ2v) is 5.38. The maximum atomic E-state index is 11.9. The first kappa shape index (κ1) is 13.8. The van der Waals surface area contributed by atoms with Gasteiger partial charge in [-0.25, -0.2) is 4.68 Å². The van der Waals surface area contributed by atoms with E-state index in [1.54, 1.807) is 35.9 Å². The third kappa shape index (κ3) is 2.85. The summed E-state index contributed by atoms with van der Waals surface area (Å²) < 4.78 is 1.62. The molecule has 19 heavy (non-hydrogen) atoms. The van der Waals surface area contributed by atoms with Gasteiger partial charge in [-0.15, -0.1) is 0 Å². The highest BCUT2D eigenvalue weighted by atomic mass is 35.5. The van der Waals surface area contributed by atoms with Crippen LogP contribution in [0.15, 0.2) is 35.1 Å². The molecule has 1 heterocycles. The fraction of sp³-hybridized carbons (Fsp3) is 0.286. The Bertz CT molecular complexity index is 655. The zero-order valence-electron chi connectivity index (χ0n) is 11.0. The number of hydrogen-bond donors (Lipinski definition) is 1. The molecule has 5 heteroatoms. The molecule has 0 unspecified atom stereocenters. The van der Waals surface area contributed by atoms with Gasteiger partial charge < -0.3 is 5.11 Å². The Balaban J connectivity index is 2.64. The highest BCUT2D eigenvalue weighted by Crippen LogP contribution is 2.17. The summed E-state index contributed by atoms with van der Waals surface area (Å²) in [7, 11) is 0. The summed E-state index contributed by atoms with van der Waals surface area (Å²) in [5.74, 6) is 0. The Labute approximate surface area is 116 Å². The van der Waals surface area contributed by atoms with E-state index in [4.69, 9.17) is 11.6 Å². The van der Waals surface area contributed by atoms with E-state index in [-0.39, 0.29) is 11.1 Å². The van der Waals surface area contributed by atoms with Crippen LogP contribution in [-0.2, 0) is 5.60 Å². The average molecular weight is 279 g/mol. The molecule has 1 aromatic carbocycles. The molecule has 0 saturated heterocycles. The van der Waals surface area contributed by atoms with Gasteiger partial charge in [-0.05, 0) is 45.0 Å². The summed E-state index contributed by atoms with van der Waals surface area (Å²) in [6.45, 7) is 4.87. The van der Waals surface area contributed by atoms with Gasteiger partial charge in [0.05, 0.1) is 5.69 Å². The van der Waals surface area contributed by atoms with Crippen molar-refractivity contribution >= 4 is 11.6 Å². The lowest BCUT2D eigenvalue weighted by Crippen LogP contribution is -2.30. The number of aryl methyl sites for hydroxylation is 1. The van der Waals surface area contributed by atoms with Crippen molar-refractivity contribution in [3.05, 3.63) is 57.0 Å². The Morgan fingerprint density at radius 1 is 1.26 bits per heavy atom. The van der Waals surface area contributed by atoms with E-state index in [1.165, 1.54) is 19.9 Å². The van der Waals surface area contributed by atoms with Crippen LogP contribution in [0.2, 0.25) is 5.02 Å². The molecular formula is C14H15ClN2O2. The standard InChI is InChI=1S/C14H15ClN2O2/c1-9-8-12(18)13(14(2,3)19)16-17(9)11-6-4-10(15)5-7-11/h4-8,19H,1-3H3. The summed E-state index contributed by atoms with van der Waals surface area (Å²) in [5.41, 5.74) is 0.0508. The SMILES string of the molecule is Cc1cc(=O)c(C(C)(C)O)nn1-c1ccc(Cl)cc1. The molecule has 0 radical (unpaired) electrons. The van der Waals surface area contributed by atoms with Crippen molar-refractivity contribution < 1.29 is 5.11 Å². The molecule has 1 N–H and O–H groups in total. The summed E-state index contributed by atoms with van der Waals surface area (Å²) in [5, 5.41) is 14.9. The molecule has 4 nitrogen and oxygen atoms in total. The summed E-state index contributed by atoms with van der Waals surface area (Å²) in [6, 6.07) is 8.58. The topological polar surface area (TPSA) is 55.1 Å². The van der Waals surface area contributed by atoms with Gasteiger partial charge in [0.1, 0.15) is 11.3 Å². The van der Waals surface area contributed by atoms with Crippen LogP contribution in [0, 0.1) is 6.92 Å². The molecule has 0 spiro atoms. The van der Waals surface area contributed by atoms with Crippen molar-refractivity contribution in [3.63, 3.8) is 0 Å². The van der Waals surface area contributed by atoms with E-state index < -0.39 is 5.60 Å². The lowest BCUT2D eigenvalue weighted by molar-refractivity contribution is 0.0709. The third-order valence-corrected chi connectivity index (χ3v) is 3.01. The fourth-order valence-corrected chi connectivity index (χ4v) is 1.94. The van der Waals surface area contributed by atoms with Gasteiger partial charge in [0.25, 0.3) is 0 Å².